The summed E-state index contributed by atoms with van der Waals surface area (Å²) in [5.74, 6) is 1.47. The van der Waals surface area contributed by atoms with E-state index in [1.807, 2.05) is 32.0 Å². The molecule has 1 fully saturated rings. The van der Waals surface area contributed by atoms with Crippen LogP contribution < -0.4 is 19.9 Å². The molecule has 3 rings (SSSR count). The van der Waals surface area contributed by atoms with Gasteiger partial charge in [-0.05, 0) is 57.7 Å². The topological polar surface area (TPSA) is 70.5 Å². The number of rotatable bonds is 7. The van der Waals surface area contributed by atoms with E-state index in [2.05, 4.69) is 10.4 Å². The summed E-state index contributed by atoms with van der Waals surface area (Å²) >= 11 is 12.7. The van der Waals surface area contributed by atoms with Gasteiger partial charge in [0, 0.05) is 24.0 Å². The average molecular weight is 437 g/mol. The molecule has 6 nitrogen and oxygen atoms in total. The number of ether oxygens (including phenoxy) is 2. The normalized spacial score (nSPS) is 14.3. The van der Waals surface area contributed by atoms with Crippen LogP contribution in [0.1, 0.15) is 45.1 Å². The van der Waals surface area contributed by atoms with E-state index in [4.69, 9.17) is 38.1 Å². The van der Waals surface area contributed by atoms with Crippen molar-refractivity contribution in [1.82, 2.24) is 10.4 Å². The first-order valence-electron chi connectivity index (χ1n) is 9.69. The Balaban J connectivity index is 1.96. The second-order valence-electron chi connectivity index (χ2n) is 7.31. The summed E-state index contributed by atoms with van der Waals surface area (Å²) in [5.41, 5.74) is 4.37. The maximum atomic E-state index is 8.85. The number of benzene rings is 1. The minimum absolute atomic E-state index is 0.0445. The van der Waals surface area contributed by atoms with Gasteiger partial charge in [0.05, 0.1) is 28.9 Å². The van der Waals surface area contributed by atoms with E-state index < -0.39 is 0 Å². The van der Waals surface area contributed by atoms with Crippen LogP contribution in [0, 0.1) is 5.41 Å². The molecule has 1 aliphatic carbocycles. The molecule has 2 N–H and O–H groups in total. The van der Waals surface area contributed by atoms with Gasteiger partial charge in [-0.3, -0.25) is 15.4 Å². The number of hydrogen-bond acceptors (Lipinski definition) is 5. The quantitative estimate of drug-likeness (QED) is 0.342. The molecule has 1 aromatic heterocycles. The Morgan fingerprint density at radius 3 is 2.41 bits per heavy atom. The van der Waals surface area contributed by atoms with Gasteiger partial charge in [-0.25, -0.2) is 5.43 Å². The van der Waals surface area contributed by atoms with Crippen molar-refractivity contribution in [1.29, 1.82) is 5.41 Å². The molecular weight excluding hydrogens is 411 g/mol. The molecule has 0 aliphatic heterocycles. The summed E-state index contributed by atoms with van der Waals surface area (Å²) in [6.45, 7) is 3.96. The van der Waals surface area contributed by atoms with Gasteiger partial charge in [-0.1, -0.05) is 23.2 Å². The Labute approximate surface area is 181 Å². The van der Waals surface area contributed by atoms with Gasteiger partial charge in [0.1, 0.15) is 5.84 Å². The number of hydrogen-bond donors (Lipinski definition) is 2. The molecule has 0 unspecified atom stereocenters. The molecule has 1 aromatic carbocycles. The van der Waals surface area contributed by atoms with Gasteiger partial charge in [0.2, 0.25) is 0 Å². The first-order chi connectivity index (χ1) is 13.9. The summed E-state index contributed by atoms with van der Waals surface area (Å²) in [7, 11) is 1.62. The van der Waals surface area contributed by atoms with Crippen molar-refractivity contribution < 1.29 is 9.47 Å². The third kappa shape index (κ3) is 5.13. The number of pyridine rings is 1. The molecule has 2 aromatic rings. The van der Waals surface area contributed by atoms with Crippen molar-refractivity contribution >= 4 is 34.7 Å². The molecule has 0 amide bonds. The minimum Gasteiger partial charge on any atom is -0.493 e. The number of anilines is 1. The molecule has 0 atom stereocenters. The van der Waals surface area contributed by atoms with Crippen molar-refractivity contribution in [3.05, 3.63) is 46.2 Å². The third-order valence-electron chi connectivity index (χ3n) is 4.70. The van der Waals surface area contributed by atoms with Crippen LogP contribution in [0.3, 0.4) is 0 Å². The lowest BCUT2D eigenvalue weighted by atomic mass is 10.1. The van der Waals surface area contributed by atoms with Crippen LogP contribution in [-0.4, -0.2) is 30.1 Å². The molecule has 0 spiro atoms. The fourth-order valence-electron chi connectivity index (χ4n) is 3.35. The zero-order valence-corrected chi connectivity index (χ0v) is 18.3. The fourth-order valence-corrected chi connectivity index (χ4v) is 3.88. The van der Waals surface area contributed by atoms with E-state index >= 15 is 0 Å². The monoisotopic (exact) mass is 436 g/mol. The Kier molecular flexibility index (Phi) is 7.22. The maximum Gasteiger partial charge on any atom is 0.162 e. The number of methoxy groups -OCH3 is 1. The minimum atomic E-state index is 0.0445. The van der Waals surface area contributed by atoms with E-state index in [1.54, 1.807) is 12.1 Å². The summed E-state index contributed by atoms with van der Waals surface area (Å²) in [6, 6.07) is 5.51. The first-order valence-corrected chi connectivity index (χ1v) is 10.4. The number of nitrogens with one attached hydrogen (secondary N) is 2. The molecule has 8 heteroatoms. The van der Waals surface area contributed by atoms with E-state index in [0.29, 0.717) is 32.8 Å². The molecular formula is C21H26Cl2N4O2. The molecule has 156 valence electrons. The summed E-state index contributed by atoms with van der Waals surface area (Å²) in [6.07, 6.45) is 7.62. The highest BCUT2D eigenvalue weighted by atomic mass is 35.5. The van der Waals surface area contributed by atoms with Crippen LogP contribution in [-0.2, 0) is 0 Å². The van der Waals surface area contributed by atoms with Crippen LogP contribution in [0.5, 0.6) is 11.5 Å². The molecule has 0 radical (unpaired) electrons. The van der Waals surface area contributed by atoms with Crippen LogP contribution in [0.15, 0.2) is 30.6 Å². The largest absolute Gasteiger partial charge is 0.493 e. The Morgan fingerprint density at radius 2 is 1.83 bits per heavy atom. The zero-order chi connectivity index (χ0) is 21.0. The number of aromatic nitrogens is 1. The van der Waals surface area contributed by atoms with Crippen molar-refractivity contribution in [2.24, 2.45) is 0 Å². The highest BCUT2D eigenvalue weighted by Gasteiger charge is 2.23. The van der Waals surface area contributed by atoms with Crippen molar-refractivity contribution in [2.45, 2.75) is 51.7 Å². The second-order valence-corrected chi connectivity index (χ2v) is 8.12. The smallest absolute Gasteiger partial charge is 0.162 e. The van der Waals surface area contributed by atoms with Gasteiger partial charge >= 0.3 is 0 Å². The number of hydrazine groups is 1. The molecule has 1 saturated carbocycles. The predicted molar refractivity (Wildman–Crippen MR) is 118 cm³/mol. The molecule has 1 aliphatic rings. The number of amidine groups is 1. The first kappa shape index (κ1) is 21.7. The van der Waals surface area contributed by atoms with Crippen LogP contribution >= 0.6 is 23.2 Å². The summed E-state index contributed by atoms with van der Waals surface area (Å²) in [5, 5.41) is 11.1. The van der Waals surface area contributed by atoms with Crippen LogP contribution in [0.4, 0.5) is 5.69 Å². The average Bonchev–Trinajstić information content (AvgIpc) is 3.19. The van der Waals surface area contributed by atoms with Crippen molar-refractivity contribution in [2.75, 3.05) is 12.1 Å². The van der Waals surface area contributed by atoms with Gasteiger partial charge in [-0.15, -0.1) is 0 Å². The third-order valence-corrected chi connectivity index (χ3v) is 5.25. The van der Waals surface area contributed by atoms with Gasteiger partial charge in [-0.2, -0.15) is 0 Å². The zero-order valence-electron chi connectivity index (χ0n) is 16.8. The van der Waals surface area contributed by atoms with Gasteiger partial charge in [0.15, 0.2) is 11.5 Å². The molecule has 1 heterocycles. The highest BCUT2D eigenvalue weighted by Crippen LogP contribution is 2.35. The maximum absolute atomic E-state index is 8.85. The van der Waals surface area contributed by atoms with Gasteiger partial charge in [0.25, 0.3) is 0 Å². The molecule has 29 heavy (non-hydrogen) atoms. The fraction of sp³-hybridized carbons (Fsp3) is 0.429. The van der Waals surface area contributed by atoms with Gasteiger partial charge < -0.3 is 9.47 Å². The highest BCUT2D eigenvalue weighted by molar-refractivity contribution is 6.40. The van der Waals surface area contributed by atoms with Crippen molar-refractivity contribution in [3.8, 4) is 11.5 Å². The van der Waals surface area contributed by atoms with Crippen LogP contribution in [0.25, 0.3) is 0 Å². The number of halogens is 2. The lowest BCUT2D eigenvalue weighted by Gasteiger charge is -2.29. The van der Waals surface area contributed by atoms with Crippen molar-refractivity contribution in [3.63, 3.8) is 0 Å². The van der Waals surface area contributed by atoms with E-state index in [-0.39, 0.29) is 18.0 Å². The van der Waals surface area contributed by atoms with Crippen LogP contribution in [0.2, 0.25) is 10.0 Å². The molecule has 0 bridgehead atoms. The number of nitrogens with zero attached hydrogens (tertiary/aromatic N) is 2. The second kappa shape index (κ2) is 9.65. The predicted octanol–water partition coefficient (Wildman–Crippen LogP) is 5.46. The lowest BCUT2D eigenvalue weighted by Crippen LogP contribution is -2.47. The standard InChI is InChI=1S/C21H26Cl2N4O2/c1-13(2)26-27(20-16(22)11-25-12-17(20)23)21(24)14-8-9-18(28-3)19(10-14)29-15-6-4-5-7-15/h8-13,15,24,26H,4-7H2,1-3H3. The Morgan fingerprint density at radius 1 is 1.17 bits per heavy atom. The lowest BCUT2D eigenvalue weighted by molar-refractivity contribution is 0.201. The summed E-state index contributed by atoms with van der Waals surface area (Å²) in [4.78, 5) is 4.01. The van der Waals surface area contributed by atoms with E-state index in [9.17, 15) is 0 Å². The molecule has 0 saturated heterocycles. The summed E-state index contributed by atoms with van der Waals surface area (Å²) < 4.78 is 11.6. The Hall–Kier alpha value is -2.02. The van der Waals surface area contributed by atoms with E-state index in [0.717, 1.165) is 12.8 Å². The SMILES string of the molecule is COc1ccc(C(=N)N(NC(C)C)c2c(Cl)cncc2Cl)cc1OC1CCCC1. The Bertz CT molecular complexity index is 850. The van der Waals surface area contributed by atoms with E-state index in [1.165, 1.54) is 25.2 Å².